The number of carbonyl (C=O) groups excluding carboxylic acids is 1. The van der Waals surface area contributed by atoms with Crippen LogP contribution in [0.3, 0.4) is 0 Å². The van der Waals surface area contributed by atoms with E-state index in [0.29, 0.717) is 36.9 Å². The number of amides is 1. The lowest BCUT2D eigenvalue weighted by molar-refractivity contribution is 0.0129. The number of aliphatic hydroxyl groups is 1. The van der Waals surface area contributed by atoms with E-state index in [9.17, 15) is 9.90 Å². The van der Waals surface area contributed by atoms with E-state index in [4.69, 9.17) is 9.47 Å². The summed E-state index contributed by atoms with van der Waals surface area (Å²) in [6.45, 7) is 11.0. The van der Waals surface area contributed by atoms with E-state index in [1.165, 1.54) is 0 Å². The van der Waals surface area contributed by atoms with Gasteiger partial charge in [0.15, 0.2) is 5.65 Å². The SMILES string of the molecule is C[C@@H]1CN(c2cc(OCc3ccccc3)nc3cc(CO)nn23)[C@@H](C)CN1C(=O)OC(C)(C)C. The van der Waals surface area contributed by atoms with Crippen LogP contribution in [0.25, 0.3) is 5.65 Å². The Morgan fingerprint density at radius 3 is 2.53 bits per heavy atom. The summed E-state index contributed by atoms with van der Waals surface area (Å²) in [6.07, 6.45) is -0.306. The van der Waals surface area contributed by atoms with Crippen LogP contribution in [0, 0.1) is 0 Å². The highest BCUT2D eigenvalue weighted by Gasteiger charge is 2.35. The molecule has 9 heteroatoms. The van der Waals surface area contributed by atoms with E-state index >= 15 is 0 Å². The molecule has 1 aliphatic heterocycles. The minimum Gasteiger partial charge on any atom is -0.473 e. The van der Waals surface area contributed by atoms with E-state index in [0.717, 1.165) is 11.4 Å². The predicted octanol–water partition coefficient (Wildman–Crippen LogP) is 3.63. The van der Waals surface area contributed by atoms with Crippen molar-refractivity contribution in [1.29, 1.82) is 0 Å². The topological polar surface area (TPSA) is 92.4 Å². The highest BCUT2D eigenvalue weighted by atomic mass is 16.6. The summed E-state index contributed by atoms with van der Waals surface area (Å²) >= 11 is 0. The second-order valence-corrected chi connectivity index (χ2v) is 9.77. The van der Waals surface area contributed by atoms with E-state index in [2.05, 4.69) is 21.9 Å². The number of ether oxygens (including phenoxy) is 2. The van der Waals surface area contributed by atoms with Gasteiger partial charge < -0.3 is 24.4 Å². The van der Waals surface area contributed by atoms with Gasteiger partial charge in [0, 0.05) is 37.3 Å². The molecule has 0 bridgehead atoms. The van der Waals surface area contributed by atoms with Crippen molar-refractivity contribution in [3.63, 3.8) is 0 Å². The van der Waals surface area contributed by atoms with Crippen LogP contribution in [0.5, 0.6) is 5.88 Å². The Hall–Kier alpha value is -3.33. The van der Waals surface area contributed by atoms with Crippen LogP contribution in [-0.2, 0) is 18.0 Å². The van der Waals surface area contributed by atoms with E-state index < -0.39 is 5.60 Å². The largest absolute Gasteiger partial charge is 0.473 e. The summed E-state index contributed by atoms with van der Waals surface area (Å²) in [5, 5.41) is 14.2. The molecule has 0 saturated carbocycles. The van der Waals surface area contributed by atoms with Crippen molar-refractivity contribution in [1.82, 2.24) is 19.5 Å². The maximum absolute atomic E-state index is 12.8. The molecular weight excluding hydrogens is 434 g/mol. The number of nitrogens with zero attached hydrogens (tertiary/aromatic N) is 5. The maximum atomic E-state index is 12.8. The minimum absolute atomic E-state index is 0.00179. The van der Waals surface area contributed by atoms with Crippen LogP contribution in [-0.4, -0.2) is 61.5 Å². The zero-order chi connectivity index (χ0) is 24.5. The van der Waals surface area contributed by atoms with Crippen molar-refractivity contribution in [3.05, 3.63) is 53.7 Å². The molecule has 182 valence electrons. The fourth-order valence-corrected chi connectivity index (χ4v) is 4.09. The molecule has 1 aromatic carbocycles. The van der Waals surface area contributed by atoms with Gasteiger partial charge in [-0.1, -0.05) is 30.3 Å². The molecule has 4 rings (SSSR count). The Morgan fingerprint density at radius 1 is 1.12 bits per heavy atom. The molecule has 3 aromatic rings. The van der Waals surface area contributed by atoms with Crippen molar-refractivity contribution in [2.24, 2.45) is 0 Å². The monoisotopic (exact) mass is 467 g/mol. The number of aromatic nitrogens is 3. The first-order chi connectivity index (χ1) is 16.1. The number of anilines is 1. The third kappa shape index (κ3) is 5.25. The van der Waals surface area contributed by atoms with Gasteiger partial charge in [0.1, 0.15) is 18.0 Å². The van der Waals surface area contributed by atoms with Crippen LogP contribution in [0.2, 0.25) is 0 Å². The Labute approximate surface area is 199 Å². The highest BCUT2D eigenvalue weighted by Crippen LogP contribution is 2.28. The number of fused-ring (bicyclic) bond motifs is 1. The van der Waals surface area contributed by atoms with Gasteiger partial charge in [0.05, 0.1) is 12.3 Å². The van der Waals surface area contributed by atoms with Gasteiger partial charge in [-0.2, -0.15) is 14.6 Å². The lowest BCUT2D eigenvalue weighted by Crippen LogP contribution is -2.59. The first-order valence-electron chi connectivity index (χ1n) is 11.6. The molecule has 1 fully saturated rings. The van der Waals surface area contributed by atoms with Crippen molar-refractivity contribution in [3.8, 4) is 5.88 Å². The standard InChI is InChI=1S/C25H33N5O4/c1-17-14-29(24(32)34-25(3,4)5)18(2)13-28(17)23-12-22(33-16-19-9-7-6-8-10-19)26-21-11-20(15-31)27-30(21)23/h6-12,17-18,31H,13-16H2,1-5H3/t17-,18+/m0/s1. The number of aliphatic hydroxyl groups excluding tert-OH is 1. The Bertz CT molecular complexity index is 1140. The number of carbonyl (C=O) groups is 1. The average molecular weight is 468 g/mol. The molecule has 2 atom stereocenters. The third-order valence-corrected chi connectivity index (χ3v) is 5.74. The molecule has 0 spiro atoms. The normalized spacial score (nSPS) is 18.9. The number of hydrogen-bond acceptors (Lipinski definition) is 7. The summed E-state index contributed by atoms with van der Waals surface area (Å²) < 4.78 is 13.4. The van der Waals surface area contributed by atoms with Crippen LogP contribution in [0.1, 0.15) is 45.9 Å². The van der Waals surface area contributed by atoms with Gasteiger partial charge in [0.25, 0.3) is 0 Å². The van der Waals surface area contributed by atoms with E-state index in [-0.39, 0.29) is 24.8 Å². The Morgan fingerprint density at radius 2 is 1.85 bits per heavy atom. The number of piperazine rings is 1. The third-order valence-electron chi connectivity index (χ3n) is 5.74. The number of benzene rings is 1. The van der Waals surface area contributed by atoms with Gasteiger partial charge in [-0.05, 0) is 40.2 Å². The van der Waals surface area contributed by atoms with Gasteiger partial charge in [-0.3, -0.25) is 0 Å². The molecule has 0 aliphatic carbocycles. The van der Waals surface area contributed by atoms with Gasteiger partial charge in [-0.15, -0.1) is 0 Å². The van der Waals surface area contributed by atoms with Crippen LogP contribution < -0.4 is 9.64 Å². The predicted molar refractivity (Wildman–Crippen MR) is 129 cm³/mol. The van der Waals surface area contributed by atoms with Gasteiger partial charge in [-0.25, -0.2) is 4.79 Å². The summed E-state index contributed by atoms with van der Waals surface area (Å²) in [5.74, 6) is 1.28. The molecule has 3 heterocycles. The summed E-state index contributed by atoms with van der Waals surface area (Å²) in [4.78, 5) is 21.3. The summed E-state index contributed by atoms with van der Waals surface area (Å²) in [6, 6.07) is 13.5. The molecule has 1 aliphatic rings. The molecule has 1 saturated heterocycles. The van der Waals surface area contributed by atoms with Crippen LogP contribution in [0.4, 0.5) is 10.6 Å². The van der Waals surface area contributed by atoms with Crippen molar-refractivity contribution < 1.29 is 19.4 Å². The lowest BCUT2D eigenvalue weighted by atomic mass is 10.1. The fourth-order valence-electron chi connectivity index (χ4n) is 4.09. The Balaban J connectivity index is 1.62. The lowest BCUT2D eigenvalue weighted by Gasteiger charge is -2.45. The molecule has 1 N–H and O–H groups in total. The summed E-state index contributed by atoms with van der Waals surface area (Å²) in [5.41, 5.74) is 1.62. The van der Waals surface area contributed by atoms with Crippen LogP contribution >= 0.6 is 0 Å². The van der Waals surface area contributed by atoms with Crippen LogP contribution in [0.15, 0.2) is 42.5 Å². The fraction of sp³-hybridized carbons (Fsp3) is 0.480. The molecule has 1 amide bonds. The first kappa shape index (κ1) is 23.8. The second-order valence-electron chi connectivity index (χ2n) is 9.77. The first-order valence-corrected chi connectivity index (χ1v) is 11.6. The van der Waals surface area contributed by atoms with Crippen molar-refractivity contribution in [2.75, 3.05) is 18.0 Å². The van der Waals surface area contributed by atoms with Gasteiger partial charge in [0.2, 0.25) is 5.88 Å². The molecule has 2 aromatic heterocycles. The maximum Gasteiger partial charge on any atom is 0.410 e. The molecule has 9 nitrogen and oxygen atoms in total. The average Bonchev–Trinajstić information content (AvgIpc) is 3.21. The quantitative estimate of drug-likeness (QED) is 0.612. The number of rotatable bonds is 5. The zero-order valence-corrected chi connectivity index (χ0v) is 20.4. The molecule has 0 radical (unpaired) electrons. The Kier molecular flexibility index (Phi) is 6.65. The smallest absolute Gasteiger partial charge is 0.410 e. The summed E-state index contributed by atoms with van der Waals surface area (Å²) in [7, 11) is 0. The second kappa shape index (κ2) is 9.50. The van der Waals surface area contributed by atoms with E-state index in [1.807, 2.05) is 64.1 Å². The highest BCUT2D eigenvalue weighted by molar-refractivity contribution is 5.69. The molecule has 34 heavy (non-hydrogen) atoms. The van der Waals surface area contributed by atoms with Crippen molar-refractivity contribution >= 4 is 17.6 Å². The number of hydrogen-bond donors (Lipinski definition) is 1. The minimum atomic E-state index is -0.546. The zero-order valence-electron chi connectivity index (χ0n) is 20.4. The van der Waals surface area contributed by atoms with Gasteiger partial charge >= 0.3 is 6.09 Å². The van der Waals surface area contributed by atoms with E-state index in [1.54, 1.807) is 15.5 Å². The molecular formula is C25H33N5O4. The van der Waals surface area contributed by atoms with Crippen molar-refractivity contribution in [2.45, 2.75) is 65.5 Å². The molecule has 0 unspecified atom stereocenters.